The van der Waals surface area contributed by atoms with Gasteiger partial charge in [-0.15, -0.1) is 0 Å². The predicted octanol–water partition coefficient (Wildman–Crippen LogP) is 5.10. The summed E-state index contributed by atoms with van der Waals surface area (Å²) in [6.07, 6.45) is 10.6. The van der Waals surface area contributed by atoms with Gasteiger partial charge in [-0.1, -0.05) is 19.4 Å². The maximum absolute atomic E-state index is 13.8. The molecule has 8 nitrogen and oxygen atoms in total. The highest BCUT2D eigenvalue weighted by Gasteiger charge is 2.51. The number of carbonyl (C=O) groups excluding carboxylic acids is 2. The molecule has 2 aromatic rings. The molecule has 6 rings (SSSR count). The number of nitrogens with one attached hydrogen (secondary N) is 2. The molecule has 40 heavy (non-hydrogen) atoms. The first-order chi connectivity index (χ1) is 19.1. The van der Waals surface area contributed by atoms with Crippen LogP contribution in [-0.2, 0) is 9.59 Å². The lowest BCUT2D eigenvalue weighted by atomic mass is 9.70. The Balaban J connectivity index is 1.19. The van der Waals surface area contributed by atoms with Crippen LogP contribution in [0.1, 0.15) is 88.4 Å². The Morgan fingerprint density at radius 3 is 2.50 bits per heavy atom. The highest BCUT2D eigenvalue weighted by Crippen LogP contribution is 2.49. The summed E-state index contributed by atoms with van der Waals surface area (Å²) in [5.74, 6) is 0.118. The molecule has 4 aliphatic rings. The Labute approximate surface area is 235 Å². The first kappa shape index (κ1) is 27.0. The molecule has 1 heterocycles. The van der Waals surface area contributed by atoms with Gasteiger partial charge in [0.2, 0.25) is 5.91 Å². The summed E-state index contributed by atoms with van der Waals surface area (Å²) in [6, 6.07) is 7.24. The van der Waals surface area contributed by atoms with Crippen LogP contribution in [0, 0.1) is 28.6 Å². The van der Waals surface area contributed by atoms with E-state index in [0.29, 0.717) is 60.9 Å². The Morgan fingerprint density at radius 1 is 1.05 bits per heavy atom. The normalized spacial score (nSPS) is 32.3. The third-order valence-corrected chi connectivity index (χ3v) is 10.5. The molecule has 214 valence electrons. The zero-order valence-corrected chi connectivity index (χ0v) is 23.6. The second-order valence-corrected chi connectivity index (χ2v) is 13.5. The summed E-state index contributed by atoms with van der Waals surface area (Å²) in [7, 11) is 0. The summed E-state index contributed by atoms with van der Waals surface area (Å²) in [5.41, 5.74) is 0.554. The number of pyridine rings is 1. The summed E-state index contributed by atoms with van der Waals surface area (Å²) in [5, 5.41) is 16.9. The fraction of sp³-hybridized carbons (Fsp3) is 0.625. The molecule has 0 spiro atoms. The van der Waals surface area contributed by atoms with E-state index in [2.05, 4.69) is 22.5 Å². The van der Waals surface area contributed by atoms with Crippen molar-refractivity contribution in [3.63, 3.8) is 0 Å². The van der Waals surface area contributed by atoms with Gasteiger partial charge >= 0.3 is 5.97 Å². The number of carboxylic acids is 1. The zero-order valence-electron chi connectivity index (χ0n) is 23.6. The van der Waals surface area contributed by atoms with Crippen LogP contribution < -0.4 is 15.4 Å². The maximum atomic E-state index is 13.8. The van der Waals surface area contributed by atoms with Gasteiger partial charge in [-0.2, -0.15) is 0 Å². The van der Waals surface area contributed by atoms with Gasteiger partial charge in [0.15, 0.2) is 0 Å². The first-order valence-electron chi connectivity index (χ1n) is 15.0. The van der Waals surface area contributed by atoms with E-state index in [1.165, 1.54) is 6.42 Å². The molecular weight excluding hydrogens is 506 g/mol. The fourth-order valence-corrected chi connectivity index (χ4v) is 7.64. The predicted molar refractivity (Wildman–Crippen MR) is 151 cm³/mol. The van der Waals surface area contributed by atoms with Crippen LogP contribution in [0.4, 0.5) is 0 Å². The Morgan fingerprint density at radius 2 is 1.80 bits per heavy atom. The van der Waals surface area contributed by atoms with Crippen LogP contribution in [-0.4, -0.2) is 46.6 Å². The van der Waals surface area contributed by atoms with Crippen molar-refractivity contribution in [2.75, 3.05) is 6.54 Å². The van der Waals surface area contributed by atoms with Crippen molar-refractivity contribution in [2.45, 2.75) is 90.2 Å². The lowest BCUT2D eigenvalue weighted by Crippen LogP contribution is -2.51. The summed E-state index contributed by atoms with van der Waals surface area (Å²) in [6.45, 7) is 4.75. The van der Waals surface area contributed by atoms with Crippen LogP contribution in [0.15, 0.2) is 30.5 Å². The topological polar surface area (TPSA) is 118 Å². The number of amides is 2. The van der Waals surface area contributed by atoms with Crippen molar-refractivity contribution >= 4 is 28.7 Å². The molecular formula is C32H41N3O5. The number of carbonyl (C=O) groups is 3. The van der Waals surface area contributed by atoms with Crippen LogP contribution in [0.3, 0.4) is 0 Å². The number of benzene rings is 1. The minimum absolute atomic E-state index is 0.0800. The van der Waals surface area contributed by atoms with E-state index < -0.39 is 11.4 Å². The molecule has 0 radical (unpaired) electrons. The lowest BCUT2D eigenvalue weighted by molar-refractivity contribution is -0.150. The van der Waals surface area contributed by atoms with Gasteiger partial charge < -0.3 is 20.5 Å². The fourth-order valence-electron chi connectivity index (χ4n) is 7.64. The maximum Gasteiger partial charge on any atom is 0.309 e. The van der Waals surface area contributed by atoms with Gasteiger partial charge in [-0.05, 0) is 100 Å². The number of fused-ring (bicyclic) bond motifs is 3. The van der Waals surface area contributed by atoms with E-state index in [0.717, 1.165) is 37.5 Å². The van der Waals surface area contributed by atoms with Crippen LogP contribution in [0.25, 0.3) is 10.9 Å². The number of rotatable bonds is 8. The van der Waals surface area contributed by atoms with Crippen LogP contribution >= 0.6 is 0 Å². The van der Waals surface area contributed by atoms with Crippen LogP contribution in [0.2, 0.25) is 0 Å². The van der Waals surface area contributed by atoms with Crippen LogP contribution in [0.5, 0.6) is 5.75 Å². The summed E-state index contributed by atoms with van der Waals surface area (Å²) < 4.78 is 6.32. The second kappa shape index (κ2) is 10.3. The number of ether oxygens (including phenoxy) is 1. The number of hydrogen-bond acceptors (Lipinski definition) is 5. The lowest BCUT2D eigenvalue weighted by Gasteiger charge is -2.39. The Kier molecular flexibility index (Phi) is 6.99. The van der Waals surface area contributed by atoms with Gasteiger partial charge in [0, 0.05) is 24.2 Å². The van der Waals surface area contributed by atoms with E-state index in [-0.39, 0.29) is 35.3 Å². The van der Waals surface area contributed by atoms with E-state index in [1.54, 1.807) is 19.2 Å². The number of hydrogen-bond donors (Lipinski definition) is 3. The number of nitrogens with zero attached hydrogens (tertiary/aromatic N) is 1. The third kappa shape index (κ3) is 5.06. The van der Waals surface area contributed by atoms with E-state index in [4.69, 9.17) is 4.74 Å². The minimum Gasteiger partial charge on any atom is -0.490 e. The highest BCUT2D eigenvalue weighted by atomic mass is 16.5. The van der Waals surface area contributed by atoms with Crippen molar-refractivity contribution in [1.82, 2.24) is 15.6 Å². The van der Waals surface area contributed by atoms with E-state index in [1.807, 2.05) is 18.2 Å². The average Bonchev–Trinajstić information content (AvgIpc) is 3.53. The quantitative estimate of drug-likeness (QED) is 0.423. The van der Waals surface area contributed by atoms with Crippen molar-refractivity contribution in [3.05, 3.63) is 36.0 Å². The van der Waals surface area contributed by atoms with E-state index >= 15 is 0 Å². The highest BCUT2D eigenvalue weighted by molar-refractivity contribution is 6.06. The monoisotopic (exact) mass is 547 g/mol. The molecule has 4 aliphatic carbocycles. The average molecular weight is 548 g/mol. The molecule has 4 fully saturated rings. The number of aromatic nitrogens is 1. The number of carboxylic acid groups (broad SMARTS) is 1. The van der Waals surface area contributed by atoms with Crippen molar-refractivity contribution < 1.29 is 24.2 Å². The summed E-state index contributed by atoms with van der Waals surface area (Å²) in [4.78, 5) is 43.4. The van der Waals surface area contributed by atoms with Crippen molar-refractivity contribution in [3.8, 4) is 5.75 Å². The van der Waals surface area contributed by atoms with Gasteiger partial charge in [0.05, 0.1) is 28.5 Å². The van der Waals surface area contributed by atoms with Gasteiger partial charge in [-0.25, -0.2) is 0 Å². The molecule has 2 amide bonds. The zero-order chi connectivity index (χ0) is 28.1. The van der Waals surface area contributed by atoms with E-state index in [9.17, 15) is 19.5 Å². The smallest absolute Gasteiger partial charge is 0.309 e. The molecule has 0 aliphatic heterocycles. The molecule has 8 heteroatoms. The standard InChI is InChI=1S/C32H41N3O5/c1-31(10-4-11-31)18-34-29(37)25-19-6-7-21(15-19)27(25)35-28(36)24-17-23(16-20-5-3-14-33-26(20)24)40-22-8-12-32(2,13-9-22)30(38)39/h3,5,14,16-17,19,21-22,25,27H,4,6-13,15,18H2,1-2H3,(H,34,37)(H,35,36)(H,38,39)/t19-,21+,22-,25+,27-,32+/m1/s1. The first-order valence-corrected chi connectivity index (χ1v) is 15.0. The van der Waals surface area contributed by atoms with Gasteiger partial charge in [0.1, 0.15) is 5.75 Å². The molecule has 0 unspecified atom stereocenters. The largest absolute Gasteiger partial charge is 0.490 e. The SMILES string of the molecule is CC1(CNC(=O)[C@H]2[C@@H]3CC[C@@H](C3)[C@H]2NC(=O)c2cc(O[C@H]3CC[C@@](C)(C(=O)O)CC3)cc3cccnc23)CCC1. The molecule has 4 atom stereocenters. The molecule has 3 N–H and O–H groups in total. The molecule has 2 bridgehead atoms. The third-order valence-electron chi connectivity index (χ3n) is 10.5. The van der Waals surface area contributed by atoms with Gasteiger partial charge in [0.25, 0.3) is 5.91 Å². The molecule has 1 aromatic carbocycles. The van der Waals surface area contributed by atoms with Crippen molar-refractivity contribution in [2.24, 2.45) is 28.6 Å². The number of aliphatic carboxylic acids is 1. The minimum atomic E-state index is -0.758. The molecule has 4 saturated carbocycles. The van der Waals surface area contributed by atoms with Crippen molar-refractivity contribution in [1.29, 1.82) is 0 Å². The molecule has 1 aromatic heterocycles. The summed E-state index contributed by atoms with van der Waals surface area (Å²) >= 11 is 0. The Hall–Kier alpha value is -3.16. The molecule has 0 saturated heterocycles. The van der Waals surface area contributed by atoms with Gasteiger partial charge in [-0.3, -0.25) is 19.4 Å². The second-order valence-electron chi connectivity index (χ2n) is 13.5. The Bertz CT molecular complexity index is 1310.